The molecule has 0 fully saturated rings. The van der Waals surface area contributed by atoms with Crippen LogP contribution >= 0.6 is 0 Å². The number of nitrogens with one attached hydrogen (secondary N) is 2. The Morgan fingerprint density at radius 3 is 2.62 bits per heavy atom. The highest BCUT2D eigenvalue weighted by molar-refractivity contribution is 5.93. The third kappa shape index (κ3) is 7.24. The van der Waals surface area contributed by atoms with Gasteiger partial charge in [-0.1, -0.05) is 24.3 Å². The minimum atomic E-state index is -3.06. The van der Waals surface area contributed by atoms with Crippen LogP contribution in [0.15, 0.2) is 47.3 Å². The van der Waals surface area contributed by atoms with E-state index in [4.69, 9.17) is 9.47 Å². The number of ether oxygens (including phenoxy) is 3. The second-order valence-electron chi connectivity index (χ2n) is 7.06. The first-order valence-corrected chi connectivity index (χ1v) is 10.6. The number of anilines is 1. The van der Waals surface area contributed by atoms with E-state index in [2.05, 4.69) is 20.0 Å². The zero-order chi connectivity index (χ0) is 26.9. The first kappa shape index (κ1) is 26.6. The lowest BCUT2D eigenvalue weighted by Gasteiger charge is -2.14. The van der Waals surface area contributed by atoms with Crippen molar-refractivity contribution < 1.29 is 37.8 Å². The molecule has 1 amide bonds. The van der Waals surface area contributed by atoms with Gasteiger partial charge >= 0.3 is 17.9 Å². The molecule has 3 rings (SSSR count). The molecule has 0 unspecified atom stereocenters. The van der Waals surface area contributed by atoms with Crippen molar-refractivity contribution in [2.45, 2.75) is 13.5 Å². The Bertz CT molecular complexity index is 1380. The molecule has 12 nitrogen and oxygen atoms in total. The second kappa shape index (κ2) is 12.1. The quantitative estimate of drug-likeness (QED) is 0.254. The number of H-pyrrole nitrogens is 1. The summed E-state index contributed by atoms with van der Waals surface area (Å²) in [5.74, 6) is -1.50. The number of aromatic amines is 1. The van der Waals surface area contributed by atoms with Gasteiger partial charge in [-0.3, -0.25) is 19.7 Å². The third-order valence-corrected chi connectivity index (χ3v) is 4.51. The van der Waals surface area contributed by atoms with Crippen LogP contribution in [-0.4, -0.2) is 45.7 Å². The van der Waals surface area contributed by atoms with E-state index in [1.54, 1.807) is 19.1 Å². The van der Waals surface area contributed by atoms with Crippen molar-refractivity contribution in [2.24, 2.45) is 0 Å². The van der Waals surface area contributed by atoms with E-state index in [9.17, 15) is 33.6 Å². The number of alkyl halides is 2. The van der Waals surface area contributed by atoms with Crippen molar-refractivity contribution in [1.82, 2.24) is 9.97 Å². The predicted molar refractivity (Wildman–Crippen MR) is 127 cm³/mol. The SMILES string of the molecule is CCOc1cc(/C=C/c2nc(O)c([N+](=O)[O-])c(=O)[nH]2)ccc1OCC(=O)Nc1ccccc1OC(F)F. The van der Waals surface area contributed by atoms with Gasteiger partial charge in [0.15, 0.2) is 18.1 Å². The fraction of sp³-hybridized carbons (Fsp3) is 0.174. The summed E-state index contributed by atoms with van der Waals surface area (Å²) in [6.07, 6.45) is 2.80. The summed E-state index contributed by atoms with van der Waals surface area (Å²) < 4.78 is 40.5. The van der Waals surface area contributed by atoms with Gasteiger partial charge in [0.25, 0.3) is 11.8 Å². The van der Waals surface area contributed by atoms with E-state index in [-0.39, 0.29) is 35.4 Å². The van der Waals surface area contributed by atoms with E-state index in [1.165, 1.54) is 42.5 Å². The summed E-state index contributed by atoms with van der Waals surface area (Å²) in [6.45, 7) is -1.53. The van der Waals surface area contributed by atoms with Gasteiger partial charge in [-0.25, -0.2) is 0 Å². The van der Waals surface area contributed by atoms with Crippen molar-refractivity contribution >= 4 is 29.4 Å². The molecule has 0 aliphatic carbocycles. The molecule has 14 heteroatoms. The number of halogens is 2. The number of nitro groups is 1. The van der Waals surface area contributed by atoms with Gasteiger partial charge in [0.2, 0.25) is 0 Å². The van der Waals surface area contributed by atoms with E-state index in [0.29, 0.717) is 5.56 Å². The molecule has 3 N–H and O–H groups in total. The normalized spacial score (nSPS) is 10.9. The van der Waals surface area contributed by atoms with Gasteiger partial charge in [0.05, 0.1) is 17.2 Å². The van der Waals surface area contributed by atoms with Gasteiger partial charge in [0, 0.05) is 0 Å². The van der Waals surface area contributed by atoms with Crippen LogP contribution in [0.2, 0.25) is 0 Å². The van der Waals surface area contributed by atoms with E-state index < -0.39 is 41.2 Å². The Morgan fingerprint density at radius 1 is 1.19 bits per heavy atom. The van der Waals surface area contributed by atoms with Crippen molar-refractivity contribution in [3.8, 4) is 23.1 Å². The third-order valence-electron chi connectivity index (χ3n) is 4.51. The molecule has 3 aromatic rings. The maximum absolute atomic E-state index is 12.6. The average Bonchev–Trinajstić information content (AvgIpc) is 2.82. The molecule has 1 heterocycles. The molecule has 0 saturated heterocycles. The Labute approximate surface area is 207 Å². The number of carbonyl (C=O) groups is 1. The first-order chi connectivity index (χ1) is 17.7. The molecule has 0 spiro atoms. The summed E-state index contributed by atoms with van der Waals surface area (Å²) in [4.78, 5) is 39.6. The number of para-hydroxylation sites is 2. The highest BCUT2D eigenvalue weighted by Crippen LogP contribution is 2.30. The number of aromatic nitrogens is 2. The lowest BCUT2D eigenvalue weighted by atomic mass is 10.2. The van der Waals surface area contributed by atoms with Gasteiger partial charge < -0.3 is 29.6 Å². The fourth-order valence-corrected chi connectivity index (χ4v) is 3.00. The zero-order valence-corrected chi connectivity index (χ0v) is 19.1. The highest BCUT2D eigenvalue weighted by Gasteiger charge is 2.21. The number of hydrogen-bond acceptors (Lipinski definition) is 9. The van der Waals surface area contributed by atoms with Crippen molar-refractivity contribution in [3.05, 3.63) is 74.3 Å². The molecule has 0 saturated carbocycles. The topological polar surface area (TPSA) is 166 Å². The highest BCUT2D eigenvalue weighted by atomic mass is 19.3. The zero-order valence-electron chi connectivity index (χ0n) is 19.1. The van der Waals surface area contributed by atoms with Crippen LogP contribution in [0.4, 0.5) is 20.2 Å². The number of amides is 1. The molecule has 2 aromatic carbocycles. The van der Waals surface area contributed by atoms with Gasteiger partial charge in [0.1, 0.15) is 11.6 Å². The predicted octanol–water partition coefficient (Wildman–Crippen LogP) is 3.57. The molecule has 1 aromatic heterocycles. The van der Waals surface area contributed by atoms with Crippen molar-refractivity contribution in [2.75, 3.05) is 18.5 Å². The Kier molecular flexibility index (Phi) is 8.70. The Balaban J connectivity index is 1.71. The first-order valence-electron chi connectivity index (χ1n) is 10.6. The smallest absolute Gasteiger partial charge is 0.395 e. The Morgan fingerprint density at radius 2 is 1.95 bits per heavy atom. The molecular formula is C23H20F2N4O8. The van der Waals surface area contributed by atoms with Crippen molar-refractivity contribution in [1.29, 1.82) is 0 Å². The van der Waals surface area contributed by atoms with Crippen LogP contribution in [0.3, 0.4) is 0 Å². The minimum absolute atomic E-state index is 0.0471. The molecule has 37 heavy (non-hydrogen) atoms. The summed E-state index contributed by atoms with van der Waals surface area (Å²) >= 11 is 0. The molecule has 0 aliphatic heterocycles. The monoisotopic (exact) mass is 518 g/mol. The molecule has 0 bridgehead atoms. The molecule has 194 valence electrons. The molecule has 0 radical (unpaired) electrons. The lowest BCUT2D eigenvalue weighted by Crippen LogP contribution is -2.21. The molecular weight excluding hydrogens is 498 g/mol. The van der Waals surface area contributed by atoms with Crippen LogP contribution in [0.5, 0.6) is 23.1 Å². The van der Waals surface area contributed by atoms with Crippen LogP contribution in [0.1, 0.15) is 18.3 Å². The minimum Gasteiger partial charge on any atom is -0.490 e. The molecule has 0 atom stereocenters. The number of rotatable bonds is 11. The van der Waals surface area contributed by atoms with Crippen LogP contribution < -0.4 is 25.1 Å². The summed E-state index contributed by atoms with van der Waals surface area (Å²) in [5.41, 5.74) is -1.59. The van der Waals surface area contributed by atoms with Crippen LogP contribution in [0, 0.1) is 10.1 Å². The fourth-order valence-electron chi connectivity index (χ4n) is 3.00. The van der Waals surface area contributed by atoms with Gasteiger partial charge in [-0.05, 0) is 42.8 Å². The van der Waals surface area contributed by atoms with Gasteiger partial charge in [-0.2, -0.15) is 13.8 Å². The number of aromatic hydroxyl groups is 1. The lowest BCUT2D eigenvalue weighted by molar-refractivity contribution is -0.387. The van der Waals surface area contributed by atoms with Gasteiger partial charge in [-0.15, -0.1) is 0 Å². The van der Waals surface area contributed by atoms with Crippen LogP contribution in [-0.2, 0) is 4.79 Å². The number of benzene rings is 2. The van der Waals surface area contributed by atoms with Crippen LogP contribution in [0.25, 0.3) is 12.2 Å². The van der Waals surface area contributed by atoms with E-state index in [1.807, 2.05) is 0 Å². The second-order valence-corrected chi connectivity index (χ2v) is 7.06. The van der Waals surface area contributed by atoms with E-state index >= 15 is 0 Å². The van der Waals surface area contributed by atoms with E-state index in [0.717, 1.165) is 0 Å². The largest absolute Gasteiger partial charge is 0.490 e. The Hall–Kier alpha value is -5.01. The maximum atomic E-state index is 12.6. The molecule has 0 aliphatic rings. The van der Waals surface area contributed by atoms with Crippen molar-refractivity contribution in [3.63, 3.8) is 0 Å². The number of carbonyl (C=O) groups excluding carboxylic acids is 1. The summed E-state index contributed by atoms with van der Waals surface area (Å²) in [6, 6.07) is 10.4. The number of nitrogens with zero attached hydrogens (tertiary/aromatic N) is 2. The average molecular weight is 518 g/mol. The number of hydrogen-bond donors (Lipinski definition) is 3. The summed E-state index contributed by atoms with van der Waals surface area (Å²) in [7, 11) is 0. The maximum Gasteiger partial charge on any atom is 0.395 e. The standard InChI is InChI=1S/C23H20F2N4O8/c1-2-35-17-11-13(8-10-18-27-21(31)20(29(33)34)22(32)28-18)7-9-16(17)36-12-19(30)26-14-5-3-4-6-15(14)37-23(24)25/h3-11,23H,2,12H2,1H3,(H,26,30)(H2,27,28,31,32)/b10-8+. The summed E-state index contributed by atoms with van der Waals surface area (Å²) in [5, 5.41) is 22.8.